The van der Waals surface area contributed by atoms with E-state index in [0.717, 1.165) is 36.4 Å². The lowest BCUT2D eigenvalue weighted by Gasteiger charge is -2.25. The van der Waals surface area contributed by atoms with Gasteiger partial charge in [-0.05, 0) is 89.1 Å². The molecule has 176 valence electrons. The maximum Gasteiger partial charge on any atom is 0.255 e. The number of anilines is 1. The SMILES string of the molecule is CN1CCc2ccc(NC(=O)c3cccc(CNC(=O)c4ccc(-n5cnnn5)cc4)c3)cc2C1. The van der Waals surface area contributed by atoms with E-state index in [1.807, 2.05) is 18.2 Å². The molecular formula is C26H25N7O2. The number of carbonyl (C=O) groups excluding carboxylic acids is 2. The molecule has 0 spiro atoms. The van der Waals surface area contributed by atoms with Crippen molar-refractivity contribution in [1.82, 2.24) is 30.4 Å². The molecule has 0 atom stereocenters. The zero-order chi connectivity index (χ0) is 24.2. The van der Waals surface area contributed by atoms with E-state index in [-0.39, 0.29) is 11.8 Å². The van der Waals surface area contributed by atoms with Crippen molar-refractivity contribution >= 4 is 17.5 Å². The molecule has 0 saturated heterocycles. The molecule has 2 N–H and O–H groups in total. The molecule has 0 unspecified atom stereocenters. The van der Waals surface area contributed by atoms with Gasteiger partial charge in [-0.15, -0.1) is 5.10 Å². The molecule has 3 aromatic carbocycles. The molecule has 0 aliphatic carbocycles. The Labute approximate surface area is 202 Å². The molecule has 35 heavy (non-hydrogen) atoms. The minimum Gasteiger partial charge on any atom is -0.348 e. The highest BCUT2D eigenvalue weighted by Crippen LogP contribution is 2.22. The number of likely N-dealkylation sites (N-methyl/N-ethyl adjacent to an activating group) is 1. The van der Waals surface area contributed by atoms with Crippen LogP contribution in [0.3, 0.4) is 0 Å². The van der Waals surface area contributed by atoms with Crippen LogP contribution < -0.4 is 10.6 Å². The number of carbonyl (C=O) groups is 2. The van der Waals surface area contributed by atoms with Crippen LogP contribution in [0.15, 0.2) is 73.1 Å². The minimum absolute atomic E-state index is 0.180. The number of benzene rings is 3. The Bertz CT molecular complexity index is 1350. The number of hydrogen-bond donors (Lipinski definition) is 2. The number of nitrogens with one attached hydrogen (secondary N) is 2. The van der Waals surface area contributed by atoms with Crippen LogP contribution in [0.5, 0.6) is 0 Å². The molecule has 2 heterocycles. The summed E-state index contributed by atoms with van der Waals surface area (Å²) in [5.41, 5.74) is 6.03. The van der Waals surface area contributed by atoms with Crippen molar-refractivity contribution in [1.29, 1.82) is 0 Å². The standard InChI is InChI=1S/C26H25N7O2/c1-32-12-11-19-5-8-23(14-22(19)16-32)29-26(35)21-4-2-3-18(13-21)15-27-25(34)20-6-9-24(10-7-20)33-17-28-30-31-33/h2-10,13-14,17H,11-12,15-16H2,1H3,(H,27,34)(H,29,35). The van der Waals surface area contributed by atoms with Gasteiger partial charge in [-0.2, -0.15) is 0 Å². The van der Waals surface area contributed by atoms with Crippen molar-refractivity contribution in [2.24, 2.45) is 0 Å². The Balaban J connectivity index is 1.20. The summed E-state index contributed by atoms with van der Waals surface area (Å²) in [6.45, 7) is 2.24. The fraction of sp³-hybridized carbons (Fsp3) is 0.192. The Hall–Kier alpha value is -4.37. The van der Waals surface area contributed by atoms with Crippen LogP contribution in [0.1, 0.15) is 37.4 Å². The molecule has 1 aromatic heterocycles. The summed E-state index contributed by atoms with van der Waals surface area (Å²) in [6.07, 6.45) is 2.51. The van der Waals surface area contributed by atoms with E-state index in [4.69, 9.17) is 0 Å². The lowest BCUT2D eigenvalue weighted by Crippen LogP contribution is -2.26. The van der Waals surface area contributed by atoms with Crippen LogP contribution in [0, 0.1) is 0 Å². The predicted octanol–water partition coefficient (Wildman–Crippen LogP) is 2.83. The molecule has 5 rings (SSSR count). The lowest BCUT2D eigenvalue weighted by molar-refractivity contribution is 0.0950. The Morgan fingerprint density at radius 2 is 1.80 bits per heavy atom. The third-order valence-corrected chi connectivity index (χ3v) is 6.05. The highest BCUT2D eigenvalue weighted by Gasteiger charge is 2.15. The van der Waals surface area contributed by atoms with Crippen LogP contribution in [0.2, 0.25) is 0 Å². The first-order valence-corrected chi connectivity index (χ1v) is 11.4. The third-order valence-electron chi connectivity index (χ3n) is 6.05. The lowest BCUT2D eigenvalue weighted by atomic mass is 9.99. The monoisotopic (exact) mass is 467 g/mol. The van der Waals surface area contributed by atoms with E-state index in [1.165, 1.54) is 22.1 Å². The van der Waals surface area contributed by atoms with Crippen LogP contribution in [0.4, 0.5) is 5.69 Å². The number of rotatable bonds is 6. The number of hydrogen-bond acceptors (Lipinski definition) is 6. The first-order chi connectivity index (χ1) is 17.0. The van der Waals surface area contributed by atoms with E-state index >= 15 is 0 Å². The average Bonchev–Trinajstić information content (AvgIpc) is 3.42. The van der Waals surface area contributed by atoms with Crippen molar-refractivity contribution in [3.05, 3.63) is 101 Å². The summed E-state index contributed by atoms with van der Waals surface area (Å²) < 4.78 is 1.51. The Morgan fingerprint density at radius 3 is 2.60 bits per heavy atom. The first kappa shape index (κ1) is 22.4. The molecule has 0 fully saturated rings. The zero-order valence-corrected chi connectivity index (χ0v) is 19.3. The Morgan fingerprint density at radius 1 is 0.943 bits per heavy atom. The second kappa shape index (κ2) is 9.86. The number of nitrogens with zero attached hydrogens (tertiary/aromatic N) is 5. The second-order valence-electron chi connectivity index (χ2n) is 8.61. The summed E-state index contributed by atoms with van der Waals surface area (Å²) in [6, 6.07) is 20.3. The van der Waals surface area contributed by atoms with Crippen LogP contribution in [-0.4, -0.2) is 50.5 Å². The molecule has 1 aliphatic rings. The van der Waals surface area contributed by atoms with Gasteiger partial charge in [0.2, 0.25) is 0 Å². The largest absolute Gasteiger partial charge is 0.348 e. The molecule has 1 aliphatic heterocycles. The van der Waals surface area contributed by atoms with Gasteiger partial charge in [0, 0.05) is 36.4 Å². The Kier molecular flexibility index (Phi) is 6.32. The van der Waals surface area contributed by atoms with E-state index in [2.05, 4.69) is 50.2 Å². The van der Waals surface area contributed by atoms with Gasteiger partial charge in [-0.25, -0.2) is 4.68 Å². The number of amides is 2. The zero-order valence-electron chi connectivity index (χ0n) is 19.3. The molecule has 9 heteroatoms. The fourth-order valence-corrected chi connectivity index (χ4v) is 4.13. The fourth-order valence-electron chi connectivity index (χ4n) is 4.13. The van der Waals surface area contributed by atoms with Crippen LogP contribution in [-0.2, 0) is 19.5 Å². The van der Waals surface area contributed by atoms with Crippen molar-refractivity contribution in [2.45, 2.75) is 19.5 Å². The highest BCUT2D eigenvalue weighted by molar-refractivity contribution is 6.04. The third kappa shape index (κ3) is 5.25. The van der Waals surface area contributed by atoms with E-state index in [1.54, 1.807) is 36.4 Å². The second-order valence-corrected chi connectivity index (χ2v) is 8.61. The van der Waals surface area contributed by atoms with Gasteiger partial charge in [0.1, 0.15) is 6.33 Å². The maximum atomic E-state index is 12.9. The van der Waals surface area contributed by atoms with Gasteiger partial charge < -0.3 is 15.5 Å². The molecule has 0 radical (unpaired) electrons. The summed E-state index contributed by atoms with van der Waals surface area (Å²) >= 11 is 0. The maximum absolute atomic E-state index is 12.9. The molecule has 0 saturated carbocycles. The number of fused-ring (bicyclic) bond motifs is 1. The van der Waals surface area contributed by atoms with E-state index < -0.39 is 0 Å². The average molecular weight is 468 g/mol. The molecular weight excluding hydrogens is 442 g/mol. The minimum atomic E-state index is -0.206. The van der Waals surface area contributed by atoms with Gasteiger partial charge in [0.05, 0.1) is 5.69 Å². The molecule has 9 nitrogen and oxygen atoms in total. The van der Waals surface area contributed by atoms with Gasteiger partial charge in [-0.1, -0.05) is 18.2 Å². The summed E-state index contributed by atoms with van der Waals surface area (Å²) in [4.78, 5) is 27.7. The van der Waals surface area contributed by atoms with E-state index in [0.29, 0.717) is 17.7 Å². The van der Waals surface area contributed by atoms with E-state index in [9.17, 15) is 9.59 Å². The first-order valence-electron chi connectivity index (χ1n) is 11.4. The quantitative estimate of drug-likeness (QED) is 0.452. The predicted molar refractivity (Wildman–Crippen MR) is 131 cm³/mol. The van der Waals surface area contributed by atoms with Gasteiger partial charge in [-0.3, -0.25) is 9.59 Å². The van der Waals surface area contributed by atoms with Crippen molar-refractivity contribution in [3.63, 3.8) is 0 Å². The summed E-state index contributed by atoms with van der Waals surface area (Å²) in [7, 11) is 2.10. The summed E-state index contributed by atoms with van der Waals surface area (Å²) in [5, 5.41) is 16.9. The van der Waals surface area contributed by atoms with Crippen molar-refractivity contribution in [3.8, 4) is 5.69 Å². The van der Waals surface area contributed by atoms with Crippen molar-refractivity contribution < 1.29 is 9.59 Å². The normalized spacial score (nSPS) is 13.2. The van der Waals surface area contributed by atoms with Crippen LogP contribution >= 0.6 is 0 Å². The summed E-state index contributed by atoms with van der Waals surface area (Å²) in [5.74, 6) is -0.386. The topological polar surface area (TPSA) is 105 Å². The molecule has 4 aromatic rings. The highest BCUT2D eigenvalue weighted by atomic mass is 16.2. The van der Waals surface area contributed by atoms with Crippen LogP contribution in [0.25, 0.3) is 5.69 Å². The van der Waals surface area contributed by atoms with Crippen molar-refractivity contribution in [2.75, 3.05) is 18.9 Å². The van der Waals surface area contributed by atoms with Gasteiger partial charge in [0.25, 0.3) is 11.8 Å². The smallest absolute Gasteiger partial charge is 0.255 e. The molecule has 0 bridgehead atoms. The van der Waals surface area contributed by atoms with Gasteiger partial charge >= 0.3 is 0 Å². The number of aromatic nitrogens is 4. The molecule has 2 amide bonds. The van der Waals surface area contributed by atoms with Gasteiger partial charge in [0.15, 0.2) is 0 Å². The number of tetrazole rings is 1.